The van der Waals surface area contributed by atoms with Crippen molar-refractivity contribution in [3.05, 3.63) is 37.9 Å². The number of nitro groups is 2. The average molecular weight is 252 g/mol. The van der Waals surface area contributed by atoms with E-state index < -0.39 is 15.5 Å². The van der Waals surface area contributed by atoms with Gasteiger partial charge in [-0.25, -0.2) is 4.79 Å². The summed E-state index contributed by atoms with van der Waals surface area (Å²) in [6, 6.07) is 2.07. The lowest BCUT2D eigenvalue weighted by Crippen LogP contribution is -2.20. The summed E-state index contributed by atoms with van der Waals surface area (Å²) >= 11 is 0. The van der Waals surface area contributed by atoms with Crippen LogP contribution < -0.4 is 5.06 Å². The molecular weight excluding hydrogens is 246 g/mol. The summed E-state index contributed by atoms with van der Waals surface area (Å²) in [6.45, 7) is 1.37. The fraction of sp³-hybridized carbons (Fsp3) is 0.222. The highest BCUT2D eigenvalue weighted by molar-refractivity contribution is 5.73. The Kier molecular flexibility index (Phi) is 2.80. The second-order valence-corrected chi connectivity index (χ2v) is 3.51. The summed E-state index contributed by atoms with van der Waals surface area (Å²) in [6.07, 6.45) is 0.319. The monoisotopic (exact) mass is 252 g/mol. The Bertz CT molecular complexity index is 543. The van der Waals surface area contributed by atoms with Crippen molar-refractivity contribution in [3.63, 3.8) is 0 Å². The molecule has 0 aromatic heterocycles. The molecule has 1 aliphatic heterocycles. The van der Waals surface area contributed by atoms with Crippen molar-refractivity contribution in [1.82, 2.24) is 0 Å². The lowest BCUT2D eigenvalue weighted by atomic mass is 10.1. The topological polar surface area (TPSA) is 116 Å². The van der Waals surface area contributed by atoms with Crippen molar-refractivity contribution in [1.29, 1.82) is 0 Å². The van der Waals surface area contributed by atoms with Crippen LogP contribution in [0.15, 0.2) is 12.1 Å². The normalized spacial score (nSPS) is 13.0. The van der Waals surface area contributed by atoms with Crippen LogP contribution >= 0.6 is 0 Å². The molecule has 9 heteroatoms. The Morgan fingerprint density at radius 1 is 1.28 bits per heavy atom. The molecule has 93 valence electrons. The van der Waals surface area contributed by atoms with Gasteiger partial charge in [0.25, 0.3) is 5.69 Å². The molecule has 0 atom stereocenters. The number of nitrogens with zero attached hydrogens (tertiary/aromatic N) is 3. The summed E-state index contributed by atoms with van der Waals surface area (Å²) < 4.78 is 0. The van der Waals surface area contributed by atoms with Crippen LogP contribution in [-0.4, -0.2) is 22.9 Å². The molecule has 0 bridgehead atoms. The molecule has 0 unspecified atom stereocenters. The summed E-state index contributed by atoms with van der Waals surface area (Å²) in [5.74, 6) is 0. The molecule has 9 nitrogen and oxygen atoms in total. The van der Waals surface area contributed by atoms with Crippen molar-refractivity contribution < 1.29 is 19.5 Å². The van der Waals surface area contributed by atoms with Crippen molar-refractivity contribution >= 4 is 23.5 Å². The van der Waals surface area contributed by atoms with Crippen LogP contribution in [-0.2, 0) is 16.1 Å². The first-order chi connectivity index (χ1) is 8.54. The second-order valence-electron chi connectivity index (χ2n) is 3.51. The molecule has 0 amide bonds. The maximum atomic E-state index is 10.9. The van der Waals surface area contributed by atoms with Crippen LogP contribution in [0.25, 0.3) is 0 Å². The molecule has 1 aromatic carbocycles. The maximum absolute atomic E-state index is 10.9. The van der Waals surface area contributed by atoms with Crippen LogP contribution in [0.4, 0.5) is 17.1 Å². The number of anilines is 1. The third-order valence-electron chi connectivity index (χ3n) is 2.54. The molecule has 1 aromatic rings. The first-order valence-corrected chi connectivity index (χ1v) is 4.82. The van der Waals surface area contributed by atoms with E-state index >= 15 is 0 Å². The Labute approximate surface area is 99.8 Å². The Morgan fingerprint density at radius 3 is 2.56 bits per heavy atom. The highest BCUT2D eigenvalue weighted by Crippen LogP contribution is 2.39. The summed E-state index contributed by atoms with van der Waals surface area (Å²) in [4.78, 5) is 34.7. The van der Waals surface area contributed by atoms with Gasteiger partial charge in [0.2, 0.25) is 0 Å². The van der Waals surface area contributed by atoms with Gasteiger partial charge in [-0.2, -0.15) is 5.06 Å². The third kappa shape index (κ3) is 1.81. The van der Waals surface area contributed by atoms with Gasteiger partial charge in [-0.3, -0.25) is 20.2 Å². The molecule has 0 spiro atoms. The number of hydroxylamine groups is 1. The standard InChI is InChI=1S/C9H6N3O6/c13-5-18-10-2-1-6-3-7(11(14)15)4-8(9(6)10)12(16)17/h3-4H,1-2H2. The average Bonchev–Trinajstić information content (AvgIpc) is 2.71. The molecule has 0 N–H and O–H groups in total. The zero-order valence-corrected chi connectivity index (χ0v) is 8.86. The number of non-ortho nitro benzene ring substituents is 1. The minimum absolute atomic E-state index is 0.0638. The molecule has 2 rings (SSSR count). The summed E-state index contributed by atoms with van der Waals surface area (Å²) in [7, 11) is 0. The van der Waals surface area contributed by atoms with Gasteiger partial charge >= 0.3 is 12.2 Å². The second kappa shape index (κ2) is 4.28. The van der Waals surface area contributed by atoms with Gasteiger partial charge in [-0.05, 0) is 12.0 Å². The minimum Gasteiger partial charge on any atom is -0.329 e. The number of carbonyl (C=O) groups excluding carboxylic acids is 1. The first kappa shape index (κ1) is 11.8. The van der Waals surface area contributed by atoms with E-state index in [1.807, 2.05) is 0 Å². The SMILES string of the molecule is O=[C]ON1CCc2cc([N+](=O)[O-])cc([N+](=O)[O-])c21. The fourth-order valence-electron chi connectivity index (χ4n) is 1.85. The van der Waals surface area contributed by atoms with Gasteiger partial charge in [0.1, 0.15) is 0 Å². The lowest BCUT2D eigenvalue weighted by Gasteiger charge is -2.13. The van der Waals surface area contributed by atoms with Crippen molar-refractivity contribution in [2.24, 2.45) is 0 Å². The third-order valence-corrected chi connectivity index (χ3v) is 2.54. The predicted octanol–water partition coefficient (Wildman–Crippen LogP) is 0.864. The molecule has 1 radical (unpaired) electrons. The quantitative estimate of drug-likeness (QED) is 0.576. The number of fused-ring (bicyclic) bond motifs is 1. The van der Waals surface area contributed by atoms with Crippen LogP contribution in [0.2, 0.25) is 0 Å². The van der Waals surface area contributed by atoms with Crippen molar-refractivity contribution in [2.45, 2.75) is 6.42 Å². The van der Waals surface area contributed by atoms with E-state index in [9.17, 15) is 25.0 Å². The lowest BCUT2D eigenvalue weighted by molar-refractivity contribution is -0.393. The number of hydrogen-bond acceptors (Lipinski definition) is 7. The highest BCUT2D eigenvalue weighted by atomic mass is 16.7. The van der Waals surface area contributed by atoms with E-state index in [0.29, 0.717) is 12.0 Å². The van der Waals surface area contributed by atoms with E-state index in [1.54, 1.807) is 0 Å². The maximum Gasteiger partial charge on any atom is 0.444 e. The largest absolute Gasteiger partial charge is 0.444 e. The molecule has 18 heavy (non-hydrogen) atoms. The number of nitro benzene ring substituents is 2. The number of rotatable bonds is 4. The van der Waals surface area contributed by atoms with Gasteiger partial charge in [0.15, 0.2) is 5.69 Å². The molecule has 0 aliphatic carbocycles. The highest BCUT2D eigenvalue weighted by Gasteiger charge is 2.33. The predicted molar refractivity (Wildman–Crippen MR) is 57.6 cm³/mol. The van der Waals surface area contributed by atoms with Gasteiger partial charge in [-0.15, -0.1) is 0 Å². The first-order valence-electron chi connectivity index (χ1n) is 4.82. The smallest absolute Gasteiger partial charge is 0.329 e. The van der Waals surface area contributed by atoms with Crippen LogP contribution in [0.5, 0.6) is 0 Å². The molecule has 0 fully saturated rings. The van der Waals surface area contributed by atoms with E-state index in [-0.39, 0.29) is 17.9 Å². The van der Waals surface area contributed by atoms with E-state index in [4.69, 9.17) is 0 Å². The zero-order chi connectivity index (χ0) is 13.3. The minimum atomic E-state index is -0.752. The molecule has 1 heterocycles. The van der Waals surface area contributed by atoms with E-state index in [2.05, 4.69) is 4.84 Å². The Hall–Kier alpha value is -2.71. The molecule has 0 saturated carbocycles. The van der Waals surface area contributed by atoms with Gasteiger partial charge in [-0.1, -0.05) is 0 Å². The van der Waals surface area contributed by atoms with Crippen LogP contribution in [0.3, 0.4) is 0 Å². The van der Waals surface area contributed by atoms with Crippen LogP contribution in [0.1, 0.15) is 5.56 Å². The van der Waals surface area contributed by atoms with Crippen LogP contribution in [0, 0.1) is 20.2 Å². The Morgan fingerprint density at radius 2 is 2.00 bits per heavy atom. The van der Waals surface area contributed by atoms with E-state index in [1.165, 1.54) is 12.5 Å². The number of hydrogen-bond donors (Lipinski definition) is 0. The Balaban J connectivity index is 2.58. The van der Waals surface area contributed by atoms with E-state index in [0.717, 1.165) is 11.1 Å². The molecule has 0 saturated heterocycles. The van der Waals surface area contributed by atoms with Gasteiger partial charge in [0.05, 0.1) is 22.5 Å². The fourth-order valence-corrected chi connectivity index (χ4v) is 1.85. The molecule has 1 aliphatic rings. The van der Waals surface area contributed by atoms with Gasteiger partial charge in [0, 0.05) is 6.07 Å². The van der Waals surface area contributed by atoms with Crippen molar-refractivity contribution in [2.75, 3.05) is 11.6 Å². The van der Waals surface area contributed by atoms with Crippen molar-refractivity contribution in [3.8, 4) is 0 Å². The summed E-state index contributed by atoms with van der Waals surface area (Å²) in [5, 5.41) is 22.6. The van der Waals surface area contributed by atoms with Gasteiger partial charge < -0.3 is 4.84 Å². The summed E-state index contributed by atoms with van der Waals surface area (Å²) in [5.41, 5.74) is -0.371. The zero-order valence-electron chi connectivity index (χ0n) is 8.86. The number of benzene rings is 1. The molecular formula is C9H6N3O6.